The first kappa shape index (κ1) is 25.0. The lowest BCUT2D eigenvalue weighted by atomic mass is 9.93. The molecule has 3 heterocycles. The van der Waals surface area contributed by atoms with Crippen molar-refractivity contribution in [1.82, 2.24) is 19.4 Å². The van der Waals surface area contributed by atoms with Crippen molar-refractivity contribution in [3.05, 3.63) is 36.7 Å². The lowest BCUT2D eigenvalue weighted by molar-refractivity contribution is 0.111. The maximum absolute atomic E-state index is 10.1. The molecule has 2 fully saturated rings. The summed E-state index contributed by atoms with van der Waals surface area (Å²) in [6.07, 6.45) is 12.3. The molecule has 1 aromatic carbocycles. The van der Waals surface area contributed by atoms with E-state index < -0.39 is 0 Å². The molecular formula is C29H42N6O. The highest BCUT2D eigenvalue weighted by molar-refractivity contribution is 5.94. The number of aromatic nitrogens is 3. The van der Waals surface area contributed by atoms with Gasteiger partial charge < -0.3 is 25.2 Å². The molecule has 2 aliphatic rings. The Balaban J connectivity index is 1.42. The molecule has 0 spiro atoms. The normalized spacial score (nSPS) is 22.6. The summed E-state index contributed by atoms with van der Waals surface area (Å²) in [5.41, 5.74) is 4.54. The number of likely N-dealkylation sites (tertiary alicyclic amines) is 1. The van der Waals surface area contributed by atoms with Crippen molar-refractivity contribution < 1.29 is 5.11 Å². The second-order valence-electron chi connectivity index (χ2n) is 11.0. The van der Waals surface area contributed by atoms with Gasteiger partial charge in [-0.3, -0.25) is 0 Å². The first-order chi connectivity index (χ1) is 17.5. The van der Waals surface area contributed by atoms with Crippen molar-refractivity contribution in [2.45, 2.75) is 89.4 Å². The Morgan fingerprint density at radius 2 is 1.78 bits per heavy atom. The average molecular weight is 491 g/mol. The summed E-state index contributed by atoms with van der Waals surface area (Å²) in [5.74, 6) is 0.697. The van der Waals surface area contributed by atoms with Gasteiger partial charge in [0.15, 0.2) is 0 Å². The molecule has 0 radical (unpaired) electrons. The van der Waals surface area contributed by atoms with E-state index in [-0.39, 0.29) is 6.10 Å². The van der Waals surface area contributed by atoms with Crippen LogP contribution in [0.15, 0.2) is 36.7 Å². The molecule has 194 valence electrons. The fourth-order valence-electron chi connectivity index (χ4n) is 5.80. The van der Waals surface area contributed by atoms with Gasteiger partial charge in [-0.1, -0.05) is 25.5 Å². The van der Waals surface area contributed by atoms with Crippen molar-refractivity contribution >= 4 is 22.7 Å². The van der Waals surface area contributed by atoms with Gasteiger partial charge in [-0.05, 0) is 89.7 Å². The second kappa shape index (κ2) is 11.2. The van der Waals surface area contributed by atoms with E-state index in [4.69, 9.17) is 9.97 Å². The molecule has 36 heavy (non-hydrogen) atoms. The monoisotopic (exact) mass is 490 g/mol. The fraction of sp³-hybridized carbons (Fsp3) is 0.586. The largest absolute Gasteiger partial charge is 0.393 e. The molecule has 1 aliphatic carbocycles. The Morgan fingerprint density at radius 3 is 2.47 bits per heavy atom. The van der Waals surface area contributed by atoms with Crippen LogP contribution in [0.3, 0.4) is 0 Å². The van der Waals surface area contributed by atoms with Gasteiger partial charge in [0.2, 0.25) is 5.95 Å². The molecule has 1 atom stereocenters. The minimum atomic E-state index is -0.172. The van der Waals surface area contributed by atoms with E-state index in [1.165, 1.54) is 29.7 Å². The summed E-state index contributed by atoms with van der Waals surface area (Å²) in [4.78, 5) is 12.1. The summed E-state index contributed by atoms with van der Waals surface area (Å²) in [6, 6.07) is 10.1. The number of aliphatic hydroxyl groups is 1. The van der Waals surface area contributed by atoms with Crippen molar-refractivity contribution in [3.8, 4) is 11.1 Å². The summed E-state index contributed by atoms with van der Waals surface area (Å²) < 4.78 is 2.35. The maximum Gasteiger partial charge on any atom is 0.224 e. The molecule has 2 aromatic heterocycles. The van der Waals surface area contributed by atoms with Crippen molar-refractivity contribution in [1.29, 1.82) is 0 Å². The van der Waals surface area contributed by atoms with E-state index in [0.29, 0.717) is 24.1 Å². The SMILES string of the molecule is CCCC(C)Nc1ncc2c(-c3ccc(NC4CCN(C)CC4)cc3)cn(C3CCC(O)CC3)c2n1. The highest BCUT2D eigenvalue weighted by atomic mass is 16.3. The zero-order valence-electron chi connectivity index (χ0n) is 22.1. The first-order valence-corrected chi connectivity index (χ1v) is 13.9. The topological polar surface area (TPSA) is 78.2 Å². The van der Waals surface area contributed by atoms with E-state index >= 15 is 0 Å². The zero-order valence-corrected chi connectivity index (χ0v) is 22.1. The lowest BCUT2D eigenvalue weighted by Gasteiger charge is -2.30. The smallest absolute Gasteiger partial charge is 0.224 e. The van der Waals surface area contributed by atoms with E-state index in [1.807, 2.05) is 6.20 Å². The third kappa shape index (κ3) is 5.68. The van der Waals surface area contributed by atoms with Crippen LogP contribution < -0.4 is 10.6 Å². The van der Waals surface area contributed by atoms with Crippen LogP contribution in [0.25, 0.3) is 22.2 Å². The highest BCUT2D eigenvalue weighted by Crippen LogP contribution is 2.37. The van der Waals surface area contributed by atoms with Crippen molar-refractivity contribution in [2.75, 3.05) is 30.8 Å². The number of hydrogen-bond acceptors (Lipinski definition) is 6. The second-order valence-corrected chi connectivity index (χ2v) is 11.0. The Bertz CT molecular complexity index is 1130. The van der Waals surface area contributed by atoms with Gasteiger partial charge in [-0.25, -0.2) is 4.98 Å². The number of nitrogens with one attached hydrogen (secondary N) is 2. The van der Waals surface area contributed by atoms with Crippen molar-refractivity contribution in [2.24, 2.45) is 0 Å². The van der Waals surface area contributed by atoms with Crippen LogP contribution >= 0.6 is 0 Å². The minimum absolute atomic E-state index is 0.172. The summed E-state index contributed by atoms with van der Waals surface area (Å²) in [7, 11) is 2.20. The van der Waals surface area contributed by atoms with E-state index in [1.54, 1.807) is 0 Å². The average Bonchev–Trinajstić information content (AvgIpc) is 3.25. The van der Waals surface area contributed by atoms with Gasteiger partial charge in [0.05, 0.1) is 6.10 Å². The van der Waals surface area contributed by atoms with Gasteiger partial charge in [0, 0.05) is 47.2 Å². The molecule has 1 saturated heterocycles. The molecule has 7 nitrogen and oxygen atoms in total. The lowest BCUT2D eigenvalue weighted by Crippen LogP contribution is -2.36. The highest BCUT2D eigenvalue weighted by Gasteiger charge is 2.24. The van der Waals surface area contributed by atoms with E-state index in [0.717, 1.165) is 62.6 Å². The Morgan fingerprint density at radius 1 is 1.06 bits per heavy atom. The molecule has 1 aliphatic heterocycles. The molecule has 0 amide bonds. The van der Waals surface area contributed by atoms with Crippen LogP contribution in [-0.2, 0) is 0 Å². The van der Waals surface area contributed by atoms with Crippen LogP contribution in [0.1, 0.15) is 71.3 Å². The molecule has 0 bridgehead atoms. The standard InChI is InChI=1S/C29H42N6O/c1-4-5-20(2)31-29-30-18-26-27(19-35(28(26)33-29)24-10-12-25(36)13-11-24)21-6-8-22(9-7-21)32-23-14-16-34(3)17-15-23/h6-9,18-20,23-25,32,36H,4-5,10-17H2,1-3H3,(H,30,31,33). The summed E-state index contributed by atoms with van der Waals surface area (Å²) in [6.45, 7) is 6.69. The number of fused-ring (bicyclic) bond motifs is 1. The summed E-state index contributed by atoms with van der Waals surface area (Å²) >= 11 is 0. The number of aliphatic hydroxyl groups excluding tert-OH is 1. The zero-order chi connectivity index (χ0) is 25.1. The minimum Gasteiger partial charge on any atom is -0.393 e. The number of anilines is 2. The van der Waals surface area contributed by atoms with Crippen LogP contribution in [0.4, 0.5) is 11.6 Å². The van der Waals surface area contributed by atoms with E-state index in [2.05, 4.69) is 71.5 Å². The van der Waals surface area contributed by atoms with Crippen LogP contribution in [0, 0.1) is 0 Å². The van der Waals surface area contributed by atoms with Gasteiger partial charge in [0.1, 0.15) is 5.65 Å². The quantitative estimate of drug-likeness (QED) is 0.377. The van der Waals surface area contributed by atoms with E-state index in [9.17, 15) is 5.11 Å². The first-order valence-electron chi connectivity index (χ1n) is 13.9. The third-order valence-corrected chi connectivity index (χ3v) is 8.01. The maximum atomic E-state index is 10.1. The molecular weight excluding hydrogens is 448 g/mol. The number of piperidine rings is 1. The predicted octanol–water partition coefficient (Wildman–Crippen LogP) is 5.68. The molecule has 7 heteroatoms. The molecule has 1 saturated carbocycles. The van der Waals surface area contributed by atoms with Crippen LogP contribution in [0.2, 0.25) is 0 Å². The molecule has 5 rings (SSSR count). The number of hydrogen-bond donors (Lipinski definition) is 3. The summed E-state index contributed by atoms with van der Waals surface area (Å²) in [5, 5.41) is 18.4. The Kier molecular flexibility index (Phi) is 7.77. The Labute approximate surface area is 215 Å². The fourth-order valence-corrected chi connectivity index (χ4v) is 5.80. The van der Waals surface area contributed by atoms with Crippen LogP contribution in [0.5, 0.6) is 0 Å². The number of rotatable bonds is 8. The molecule has 3 N–H and O–H groups in total. The van der Waals surface area contributed by atoms with Gasteiger partial charge in [-0.2, -0.15) is 4.98 Å². The molecule has 3 aromatic rings. The Hall–Kier alpha value is -2.64. The van der Waals surface area contributed by atoms with Gasteiger partial charge >= 0.3 is 0 Å². The van der Waals surface area contributed by atoms with Crippen LogP contribution in [-0.4, -0.2) is 62.9 Å². The van der Waals surface area contributed by atoms with Crippen molar-refractivity contribution in [3.63, 3.8) is 0 Å². The predicted molar refractivity (Wildman–Crippen MR) is 149 cm³/mol. The third-order valence-electron chi connectivity index (χ3n) is 8.01. The molecule has 1 unspecified atom stereocenters. The number of nitrogens with zero attached hydrogens (tertiary/aromatic N) is 4. The van der Waals surface area contributed by atoms with Gasteiger partial charge in [-0.15, -0.1) is 0 Å². The number of benzene rings is 1. The van der Waals surface area contributed by atoms with Gasteiger partial charge in [0.25, 0.3) is 0 Å².